The molecule has 0 heterocycles. The Morgan fingerprint density at radius 1 is 1.00 bits per heavy atom. The molecule has 0 aromatic carbocycles. The zero-order chi connectivity index (χ0) is 10.2. The lowest BCUT2D eigenvalue weighted by Gasteiger charge is -2.31. The number of carboxylic acid groups (broad SMARTS) is 2. The van der Waals surface area contributed by atoms with Crippen LogP contribution in [0.15, 0.2) is 0 Å². The summed E-state index contributed by atoms with van der Waals surface area (Å²) >= 11 is 0. The van der Waals surface area contributed by atoms with E-state index in [1.54, 1.807) is 0 Å². The second-order valence-electron chi connectivity index (χ2n) is 3.57. The number of hydrogen-bond acceptors (Lipinski definition) is 3. The van der Waals surface area contributed by atoms with E-state index in [9.17, 15) is 14.7 Å². The Morgan fingerprint density at radius 2 is 1.25 bits per heavy atom. The second-order valence-corrected chi connectivity index (χ2v) is 3.57. The van der Waals surface area contributed by atoms with Gasteiger partial charge in [-0.15, -0.1) is 0 Å². The molecule has 0 bridgehead atoms. The van der Waals surface area contributed by atoms with Crippen LogP contribution in [-0.2, 0) is 9.59 Å². The Hall–Kier alpha value is -1.10. The van der Waals surface area contributed by atoms with E-state index in [2.05, 4.69) is 0 Å². The molecule has 0 aromatic heterocycles. The van der Waals surface area contributed by atoms with Crippen LogP contribution in [0, 0.1) is 5.41 Å². The van der Waals surface area contributed by atoms with Crippen LogP contribution in [0.1, 0.15) is 20.8 Å². The number of carbonyl (C=O) groups is 2. The van der Waals surface area contributed by atoms with Crippen molar-refractivity contribution in [2.45, 2.75) is 26.4 Å². The molecule has 0 amide bonds. The molecule has 0 fully saturated rings. The largest absolute Gasteiger partial charge is 0.479 e. The first kappa shape index (κ1) is 10.9. The number of hydrogen-bond donors (Lipinski definition) is 3. The van der Waals surface area contributed by atoms with Gasteiger partial charge in [-0.3, -0.25) is 0 Å². The van der Waals surface area contributed by atoms with Crippen molar-refractivity contribution in [2.24, 2.45) is 5.41 Å². The molecular formula is C7H12O5. The lowest BCUT2D eigenvalue weighted by atomic mass is 9.76. The minimum Gasteiger partial charge on any atom is -0.479 e. The SMILES string of the molecule is CC(C)(C)C(O)(C(=O)O)C(=O)O. The summed E-state index contributed by atoms with van der Waals surface area (Å²) < 4.78 is 0. The Morgan fingerprint density at radius 3 is 1.25 bits per heavy atom. The van der Waals surface area contributed by atoms with Crippen molar-refractivity contribution in [3.63, 3.8) is 0 Å². The normalized spacial score (nSPS) is 12.7. The maximum Gasteiger partial charge on any atom is 0.348 e. The fraction of sp³-hybridized carbons (Fsp3) is 0.714. The van der Waals surface area contributed by atoms with Gasteiger partial charge >= 0.3 is 11.9 Å². The third-order valence-electron chi connectivity index (χ3n) is 1.70. The number of rotatable bonds is 2. The third kappa shape index (κ3) is 1.40. The van der Waals surface area contributed by atoms with Gasteiger partial charge in [0.05, 0.1) is 0 Å². The Labute approximate surface area is 69.6 Å². The predicted molar refractivity (Wildman–Crippen MR) is 39.7 cm³/mol. The van der Waals surface area contributed by atoms with Crippen LogP contribution in [0.5, 0.6) is 0 Å². The van der Waals surface area contributed by atoms with E-state index in [1.165, 1.54) is 20.8 Å². The van der Waals surface area contributed by atoms with Crippen molar-refractivity contribution >= 4 is 11.9 Å². The molecule has 0 saturated carbocycles. The van der Waals surface area contributed by atoms with Crippen molar-refractivity contribution in [1.29, 1.82) is 0 Å². The molecule has 0 aliphatic heterocycles. The van der Waals surface area contributed by atoms with E-state index < -0.39 is 23.0 Å². The second kappa shape index (κ2) is 2.75. The van der Waals surface area contributed by atoms with E-state index in [4.69, 9.17) is 10.2 Å². The Kier molecular flexibility index (Phi) is 2.49. The zero-order valence-corrected chi connectivity index (χ0v) is 7.16. The molecular weight excluding hydrogens is 164 g/mol. The van der Waals surface area contributed by atoms with Gasteiger partial charge in [-0.2, -0.15) is 0 Å². The maximum atomic E-state index is 10.5. The van der Waals surface area contributed by atoms with Crippen molar-refractivity contribution in [3.8, 4) is 0 Å². The molecule has 0 unspecified atom stereocenters. The monoisotopic (exact) mass is 176 g/mol. The molecule has 12 heavy (non-hydrogen) atoms. The summed E-state index contributed by atoms with van der Waals surface area (Å²) in [6, 6.07) is 0. The van der Waals surface area contributed by atoms with Gasteiger partial charge in [0.15, 0.2) is 0 Å². The summed E-state index contributed by atoms with van der Waals surface area (Å²) in [5.41, 5.74) is -3.97. The zero-order valence-electron chi connectivity index (χ0n) is 7.16. The van der Waals surface area contributed by atoms with Gasteiger partial charge in [-0.05, 0) is 0 Å². The minimum absolute atomic E-state index is 1.25. The first-order valence-corrected chi connectivity index (χ1v) is 3.33. The average Bonchev–Trinajstić information content (AvgIpc) is 1.82. The third-order valence-corrected chi connectivity index (χ3v) is 1.70. The quantitative estimate of drug-likeness (QED) is 0.512. The molecule has 70 valence electrons. The van der Waals surface area contributed by atoms with E-state index >= 15 is 0 Å². The van der Waals surface area contributed by atoms with Crippen LogP contribution >= 0.6 is 0 Å². The first-order valence-electron chi connectivity index (χ1n) is 3.33. The highest BCUT2D eigenvalue weighted by molar-refractivity contribution is 6.02. The fourth-order valence-corrected chi connectivity index (χ4v) is 0.733. The smallest absolute Gasteiger partial charge is 0.348 e. The Bertz CT molecular complexity index is 198. The summed E-state index contributed by atoms with van der Waals surface area (Å²) in [5.74, 6) is -3.50. The molecule has 0 aliphatic rings. The van der Waals surface area contributed by atoms with Crippen molar-refractivity contribution < 1.29 is 24.9 Å². The number of carboxylic acids is 2. The summed E-state index contributed by atoms with van der Waals surface area (Å²) in [6.45, 7) is 4.03. The molecule has 0 spiro atoms. The summed E-state index contributed by atoms with van der Waals surface area (Å²) in [5, 5.41) is 26.3. The molecule has 0 rings (SSSR count). The van der Waals surface area contributed by atoms with Crippen LogP contribution in [0.4, 0.5) is 0 Å². The molecule has 5 heteroatoms. The molecule has 0 aliphatic carbocycles. The van der Waals surface area contributed by atoms with Crippen LogP contribution < -0.4 is 0 Å². The summed E-state index contributed by atoms with van der Waals surface area (Å²) in [7, 11) is 0. The van der Waals surface area contributed by atoms with Gasteiger partial charge in [0.25, 0.3) is 5.60 Å². The average molecular weight is 176 g/mol. The molecule has 3 N–H and O–H groups in total. The van der Waals surface area contributed by atoms with Crippen LogP contribution in [0.2, 0.25) is 0 Å². The topological polar surface area (TPSA) is 94.8 Å². The van der Waals surface area contributed by atoms with E-state index in [0.29, 0.717) is 0 Å². The molecule has 0 atom stereocenters. The highest BCUT2D eigenvalue weighted by Crippen LogP contribution is 2.30. The summed E-state index contributed by atoms with van der Waals surface area (Å²) in [6.07, 6.45) is 0. The van der Waals surface area contributed by atoms with Crippen LogP contribution in [-0.4, -0.2) is 32.9 Å². The lowest BCUT2D eigenvalue weighted by Crippen LogP contribution is -2.56. The van der Waals surface area contributed by atoms with Crippen LogP contribution in [0.25, 0.3) is 0 Å². The maximum absolute atomic E-state index is 10.5. The fourth-order valence-electron chi connectivity index (χ4n) is 0.733. The molecule has 0 radical (unpaired) electrons. The molecule has 5 nitrogen and oxygen atoms in total. The van der Waals surface area contributed by atoms with Crippen LogP contribution in [0.3, 0.4) is 0 Å². The highest BCUT2D eigenvalue weighted by atomic mass is 16.4. The molecule has 0 aromatic rings. The van der Waals surface area contributed by atoms with Gasteiger partial charge in [0, 0.05) is 5.41 Å². The van der Waals surface area contributed by atoms with Gasteiger partial charge < -0.3 is 15.3 Å². The first-order chi connectivity index (χ1) is 5.14. The number of aliphatic carboxylic acids is 2. The van der Waals surface area contributed by atoms with Crippen molar-refractivity contribution in [1.82, 2.24) is 0 Å². The van der Waals surface area contributed by atoms with Gasteiger partial charge in [0.1, 0.15) is 0 Å². The van der Waals surface area contributed by atoms with Gasteiger partial charge in [-0.1, -0.05) is 20.8 Å². The summed E-state index contributed by atoms with van der Waals surface area (Å²) in [4.78, 5) is 21.0. The van der Waals surface area contributed by atoms with Crippen molar-refractivity contribution in [3.05, 3.63) is 0 Å². The Balaban J connectivity index is 5.17. The van der Waals surface area contributed by atoms with E-state index in [1.807, 2.05) is 0 Å². The van der Waals surface area contributed by atoms with E-state index in [0.717, 1.165) is 0 Å². The van der Waals surface area contributed by atoms with Gasteiger partial charge in [0.2, 0.25) is 0 Å². The number of aliphatic hydroxyl groups is 1. The highest BCUT2D eigenvalue weighted by Gasteiger charge is 2.54. The van der Waals surface area contributed by atoms with E-state index in [-0.39, 0.29) is 0 Å². The minimum atomic E-state index is -2.73. The van der Waals surface area contributed by atoms with Crippen molar-refractivity contribution in [2.75, 3.05) is 0 Å². The predicted octanol–water partition coefficient (Wildman–Crippen LogP) is -0.0672. The standard InChI is InChI=1S/C7H12O5/c1-6(2,3)7(12,4(8)9)5(10)11/h12H,1-3H3,(H,8,9)(H,10,11). The van der Waals surface area contributed by atoms with Gasteiger partial charge in [-0.25, -0.2) is 9.59 Å². The lowest BCUT2D eigenvalue weighted by molar-refractivity contribution is -0.188. The molecule has 0 saturated heterocycles.